The van der Waals surface area contributed by atoms with Gasteiger partial charge < -0.3 is 5.73 Å². The molecule has 0 spiro atoms. The van der Waals surface area contributed by atoms with Crippen LogP contribution in [0.5, 0.6) is 0 Å². The quantitative estimate of drug-likeness (QED) is 0.794. The zero-order chi connectivity index (χ0) is 11.5. The second kappa shape index (κ2) is 4.32. The summed E-state index contributed by atoms with van der Waals surface area (Å²) in [5.41, 5.74) is 7.53. The fourth-order valence-corrected chi connectivity index (χ4v) is 1.56. The van der Waals surface area contributed by atoms with Crippen molar-refractivity contribution in [2.24, 2.45) is 12.8 Å². The van der Waals surface area contributed by atoms with Gasteiger partial charge in [0.15, 0.2) is 0 Å². The van der Waals surface area contributed by atoms with Crippen molar-refractivity contribution in [1.82, 2.24) is 14.3 Å². The van der Waals surface area contributed by atoms with E-state index in [9.17, 15) is 4.79 Å². The number of aromatic nitrogens is 3. The molecule has 1 aromatic heterocycles. The van der Waals surface area contributed by atoms with E-state index in [0.29, 0.717) is 13.1 Å². The van der Waals surface area contributed by atoms with Gasteiger partial charge in [-0.3, -0.25) is 4.57 Å². The van der Waals surface area contributed by atoms with Crippen molar-refractivity contribution < 1.29 is 0 Å². The van der Waals surface area contributed by atoms with Gasteiger partial charge in [-0.15, -0.1) is 0 Å². The van der Waals surface area contributed by atoms with Crippen molar-refractivity contribution in [2.45, 2.75) is 13.1 Å². The van der Waals surface area contributed by atoms with E-state index in [2.05, 4.69) is 5.10 Å². The molecule has 0 radical (unpaired) electrons. The second-order valence-corrected chi connectivity index (χ2v) is 3.71. The number of rotatable bonds is 3. The maximum absolute atomic E-state index is 11.6. The van der Waals surface area contributed by atoms with E-state index < -0.39 is 0 Å². The van der Waals surface area contributed by atoms with Crippen molar-refractivity contribution in [1.29, 1.82) is 0 Å². The van der Waals surface area contributed by atoms with E-state index in [1.807, 2.05) is 24.3 Å². The molecule has 1 heterocycles. The van der Waals surface area contributed by atoms with Crippen LogP contribution in [0.25, 0.3) is 0 Å². The maximum Gasteiger partial charge on any atom is 0.345 e. The Morgan fingerprint density at radius 2 is 2.12 bits per heavy atom. The van der Waals surface area contributed by atoms with Crippen molar-refractivity contribution in [3.63, 3.8) is 0 Å². The standard InChI is InChI=1S/C11H14N4O/c1-14-8-13-15(11(14)16)7-10-4-2-3-9(5-10)6-12/h2-5,8H,6-7,12H2,1H3. The highest BCUT2D eigenvalue weighted by Gasteiger charge is 2.02. The Kier molecular flexibility index (Phi) is 2.87. The van der Waals surface area contributed by atoms with E-state index in [-0.39, 0.29) is 5.69 Å². The number of hydrogen-bond donors (Lipinski definition) is 1. The first-order valence-corrected chi connectivity index (χ1v) is 5.07. The number of nitrogens with zero attached hydrogens (tertiary/aromatic N) is 3. The Morgan fingerprint density at radius 1 is 1.38 bits per heavy atom. The third-order valence-electron chi connectivity index (χ3n) is 2.45. The molecule has 16 heavy (non-hydrogen) atoms. The number of hydrogen-bond acceptors (Lipinski definition) is 3. The molecule has 0 bridgehead atoms. The second-order valence-electron chi connectivity index (χ2n) is 3.71. The van der Waals surface area contributed by atoms with E-state index in [0.717, 1.165) is 11.1 Å². The summed E-state index contributed by atoms with van der Waals surface area (Å²) >= 11 is 0. The lowest BCUT2D eigenvalue weighted by atomic mass is 10.1. The lowest BCUT2D eigenvalue weighted by Gasteiger charge is -2.02. The summed E-state index contributed by atoms with van der Waals surface area (Å²) in [4.78, 5) is 11.6. The highest BCUT2D eigenvalue weighted by molar-refractivity contribution is 5.23. The Balaban J connectivity index is 2.27. The third-order valence-corrected chi connectivity index (χ3v) is 2.45. The van der Waals surface area contributed by atoms with Crippen LogP contribution < -0.4 is 11.4 Å². The Bertz CT molecular complexity index is 541. The molecule has 0 amide bonds. The van der Waals surface area contributed by atoms with Crippen LogP contribution in [0.3, 0.4) is 0 Å². The van der Waals surface area contributed by atoms with Gasteiger partial charge in [0.2, 0.25) is 0 Å². The predicted molar refractivity (Wildman–Crippen MR) is 60.9 cm³/mol. The number of nitrogens with two attached hydrogens (primary N) is 1. The lowest BCUT2D eigenvalue weighted by Crippen LogP contribution is -2.23. The van der Waals surface area contributed by atoms with E-state index in [1.54, 1.807) is 7.05 Å². The number of aryl methyl sites for hydroxylation is 1. The molecule has 0 unspecified atom stereocenters. The smallest absolute Gasteiger partial charge is 0.326 e. The zero-order valence-corrected chi connectivity index (χ0v) is 9.13. The van der Waals surface area contributed by atoms with Crippen LogP contribution in [0.1, 0.15) is 11.1 Å². The summed E-state index contributed by atoms with van der Waals surface area (Å²) in [7, 11) is 1.68. The molecular formula is C11H14N4O. The monoisotopic (exact) mass is 218 g/mol. The molecule has 1 aromatic carbocycles. The lowest BCUT2D eigenvalue weighted by molar-refractivity contribution is 0.646. The van der Waals surface area contributed by atoms with Gasteiger partial charge in [-0.05, 0) is 11.1 Å². The first kappa shape index (κ1) is 10.6. The van der Waals surface area contributed by atoms with Gasteiger partial charge in [-0.25, -0.2) is 9.48 Å². The van der Waals surface area contributed by atoms with E-state index in [4.69, 9.17) is 5.73 Å². The molecule has 0 aliphatic heterocycles. The maximum atomic E-state index is 11.6. The van der Waals surface area contributed by atoms with Gasteiger partial charge in [-0.2, -0.15) is 5.10 Å². The average Bonchev–Trinajstić information content (AvgIpc) is 2.61. The van der Waals surface area contributed by atoms with Gasteiger partial charge in [0, 0.05) is 13.6 Å². The first-order chi connectivity index (χ1) is 7.70. The summed E-state index contributed by atoms with van der Waals surface area (Å²) in [6.45, 7) is 0.985. The van der Waals surface area contributed by atoms with Crippen LogP contribution >= 0.6 is 0 Å². The molecule has 0 atom stereocenters. The van der Waals surface area contributed by atoms with Crippen molar-refractivity contribution in [2.75, 3.05) is 0 Å². The van der Waals surface area contributed by atoms with Crippen molar-refractivity contribution in [3.05, 3.63) is 52.2 Å². The van der Waals surface area contributed by atoms with Crippen LogP contribution in [0.2, 0.25) is 0 Å². The molecule has 0 aliphatic rings. The Labute approximate surface area is 93.1 Å². The normalized spacial score (nSPS) is 10.6. The first-order valence-electron chi connectivity index (χ1n) is 5.07. The molecular weight excluding hydrogens is 204 g/mol. The fourth-order valence-electron chi connectivity index (χ4n) is 1.56. The molecule has 0 aliphatic carbocycles. The molecule has 5 nitrogen and oxygen atoms in total. The van der Waals surface area contributed by atoms with Crippen LogP contribution in [0.4, 0.5) is 0 Å². The highest BCUT2D eigenvalue weighted by atomic mass is 16.2. The third kappa shape index (κ3) is 2.04. The topological polar surface area (TPSA) is 65.8 Å². The van der Waals surface area contributed by atoms with Gasteiger partial charge in [0.1, 0.15) is 6.33 Å². The minimum absolute atomic E-state index is 0.113. The van der Waals surface area contributed by atoms with Crippen LogP contribution in [0, 0.1) is 0 Å². The van der Waals surface area contributed by atoms with Gasteiger partial charge in [0.25, 0.3) is 0 Å². The van der Waals surface area contributed by atoms with Crippen LogP contribution in [-0.4, -0.2) is 14.3 Å². The predicted octanol–water partition coefficient (Wildman–Crippen LogP) is 0.0888. The van der Waals surface area contributed by atoms with E-state index in [1.165, 1.54) is 15.6 Å². The summed E-state index contributed by atoms with van der Waals surface area (Å²) in [5.74, 6) is 0. The SMILES string of the molecule is Cn1cnn(Cc2cccc(CN)c2)c1=O. The molecule has 5 heteroatoms. The average molecular weight is 218 g/mol. The molecule has 2 rings (SSSR count). The van der Waals surface area contributed by atoms with Crippen molar-refractivity contribution >= 4 is 0 Å². The largest absolute Gasteiger partial charge is 0.345 e. The Morgan fingerprint density at radius 3 is 2.75 bits per heavy atom. The van der Waals surface area contributed by atoms with Crippen LogP contribution in [0.15, 0.2) is 35.4 Å². The molecule has 0 saturated carbocycles. The fraction of sp³-hybridized carbons (Fsp3) is 0.273. The summed E-state index contributed by atoms with van der Waals surface area (Å²) < 4.78 is 2.88. The zero-order valence-electron chi connectivity index (χ0n) is 9.13. The molecule has 0 fully saturated rings. The van der Waals surface area contributed by atoms with Gasteiger partial charge in [0.05, 0.1) is 6.54 Å². The summed E-state index contributed by atoms with van der Waals surface area (Å²) in [6, 6.07) is 7.84. The molecule has 2 aromatic rings. The van der Waals surface area contributed by atoms with Gasteiger partial charge in [-0.1, -0.05) is 24.3 Å². The number of benzene rings is 1. The molecule has 2 N–H and O–H groups in total. The molecule has 0 saturated heterocycles. The highest BCUT2D eigenvalue weighted by Crippen LogP contribution is 2.05. The van der Waals surface area contributed by atoms with Gasteiger partial charge >= 0.3 is 5.69 Å². The Hall–Kier alpha value is -1.88. The molecule has 84 valence electrons. The van der Waals surface area contributed by atoms with Crippen LogP contribution in [-0.2, 0) is 20.1 Å². The summed E-state index contributed by atoms with van der Waals surface area (Å²) in [5, 5.41) is 4.00. The minimum Gasteiger partial charge on any atom is -0.326 e. The minimum atomic E-state index is -0.113. The van der Waals surface area contributed by atoms with Crippen molar-refractivity contribution in [3.8, 4) is 0 Å². The summed E-state index contributed by atoms with van der Waals surface area (Å²) in [6.07, 6.45) is 1.51. The van der Waals surface area contributed by atoms with E-state index >= 15 is 0 Å².